The van der Waals surface area contributed by atoms with Gasteiger partial charge in [-0.1, -0.05) is 6.92 Å². The Morgan fingerprint density at radius 2 is 2.19 bits per heavy atom. The molecule has 2 fully saturated rings. The van der Waals surface area contributed by atoms with E-state index in [0.29, 0.717) is 12.6 Å². The summed E-state index contributed by atoms with van der Waals surface area (Å²) < 4.78 is 4.36. The highest BCUT2D eigenvalue weighted by Crippen LogP contribution is 2.20. The maximum absolute atomic E-state index is 11.9. The molecule has 0 aromatic carbocycles. The SMILES string of the molecule is CCc1nsc(N2CCCN(CC(=O)NC3CC3)CC2)n1. The summed E-state index contributed by atoms with van der Waals surface area (Å²) in [6.45, 7) is 6.43. The fourth-order valence-corrected chi connectivity index (χ4v) is 3.34. The molecule has 0 radical (unpaired) electrons. The molecule has 1 amide bonds. The fourth-order valence-electron chi connectivity index (χ4n) is 2.54. The molecule has 1 saturated heterocycles. The van der Waals surface area contributed by atoms with Crippen molar-refractivity contribution in [1.82, 2.24) is 19.6 Å². The molecule has 1 aromatic rings. The highest BCUT2D eigenvalue weighted by atomic mass is 32.1. The van der Waals surface area contributed by atoms with E-state index >= 15 is 0 Å². The van der Waals surface area contributed by atoms with Crippen LogP contribution in [-0.4, -0.2) is 58.9 Å². The van der Waals surface area contributed by atoms with Crippen LogP contribution in [0, 0.1) is 0 Å². The summed E-state index contributed by atoms with van der Waals surface area (Å²) in [6.07, 6.45) is 4.25. The van der Waals surface area contributed by atoms with E-state index in [9.17, 15) is 4.79 Å². The lowest BCUT2D eigenvalue weighted by atomic mass is 10.4. The summed E-state index contributed by atoms with van der Waals surface area (Å²) in [5.74, 6) is 1.11. The van der Waals surface area contributed by atoms with Gasteiger partial charge in [0.1, 0.15) is 5.82 Å². The zero-order valence-corrected chi connectivity index (χ0v) is 13.4. The van der Waals surface area contributed by atoms with Crippen molar-refractivity contribution in [3.63, 3.8) is 0 Å². The quantitative estimate of drug-likeness (QED) is 0.875. The lowest BCUT2D eigenvalue weighted by Crippen LogP contribution is -2.40. The van der Waals surface area contributed by atoms with Gasteiger partial charge >= 0.3 is 0 Å². The minimum absolute atomic E-state index is 0.176. The van der Waals surface area contributed by atoms with Gasteiger partial charge in [0.05, 0.1) is 6.54 Å². The third-order valence-corrected chi connectivity index (χ3v) is 4.76. The minimum Gasteiger partial charge on any atom is -0.352 e. The molecule has 0 atom stereocenters. The maximum atomic E-state index is 11.9. The number of aromatic nitrogens is 2. The molecule has 3 rings (SSSR count). The Hall–Kier alpha value is -1.21. The number of carbonyl (C=O) groups is 1. The molecule has 0 unspecified atom stereocenters. The van der Waals surface area contributed by atoms with Gasteiger partial charge in [0, 0.05) is 50.2 Å². The molecule has 1 aliphatic heterocycles. The largest absolute Gasteiger partial charge is 0.352 e. The molecule has 1 saturated carbocycles. The number of nitrogens with zero attached hydrogens (tertiary/aromatic N) is 4. The number of aryl methyl sites for hydroxylation is 1. The molecule has 21 heavy (non-hydrogen) atoms. The van der Waals surface area contributed by atoms with Crippen LogP contribution < -0.4 is 10.2 Å². The van der Waals surface area contributed by atoms with E-state index in [1.807, 2.05) is 0 Å². The van der Waals surface area contributed by atoms with E-state index in [1.165, 1.54) is 11.5 Å². The van der Waals surface area contributed by atoms with Gasteiger partial charge in [-0.2, -0.15) is 4.37 Å². The van der Waals surface area contributed by atoms with Crippen LogP contribution in [0.5, 0.6) is 0 Å². The van der Waals surface area contributed by atoms with Crippen LogP contribution in [0.3, 0.4) is 0 Å². The van der Waals surface area contributed by atoms with Gasteiger partial charge in [-0.3, -0.25) is 9.69 Å². The van der Waals surface area contributed by atoms with E-state index in [0.717, 1.165) is 62.8 Å². The number of hydrogen-bond acceptors (Lipinski definition) is 6. The van der Waals surface area contributed by atoms with Crippen LogP contribution in [0.25, 0.3) is 0 Å². The van der Waals surface area contributed by atoms with Crippen LogP contribution >= 0.6 is 11.5 Å². The van der Waals surface area contributed by atoms with Crippen LogP contribution in [0.1, 0.15) is 32.0 Å². The number of amides is 1. The molecule has 7 heteroatoms. The van der Waals surface area contributed by atoms with Gasteiger partial charge in [0.25, 0.3) is 0 Å². The van der Waals surface area contributed by atoms with Gasteiger partial charge in [-0.15, -0.1) is 0 Å². The maximum Gasteiger partial charge on any atom is 0.234 e. The van der Waals surface area contributed by atoms with E-state index in [-0.39, 0.29) is 5.91 Å². The van der Waals surface area contributed by atoms with E-state index in [1.54, 1.807) is 0 Å². The molecule has 6 nitrogen and oxygen atoms in total. The highest BCUT2D eigenvalue weighted by Gasteiger charge is 2.25. The Morgan fingerprint density at radius 1 is 1.33 bits per heavy atom. The van der Waals surface area contributed by atoms with E-state index < -0.39 is 0 Å². The molecular formula is C14H23N5OS. The molecule has 1 aromatic heterocycles. The summed E-state index contributed by atoms with van der Waals surface area (Å²) >= 11 is 1.49. The lowest BCUT2D eigenvalue weighted by Gasteiger charge is -2.20. The van der Waals surface area contributed by atoms with Crippen LogP contribution in [-0.2, 0) is 11.2 Å². The fraction of sp³-hybridized carbons (Fsp3) is 0.786. The average Bonchev–Trinajstić information content (AvgIpc) is 3.20. The molecular weight excluding hydrogens is 286 g/mol. The van der Waals surface area contributed by atoms with Crippen LogP contribution in [0.2, 0.25) is 0 Å². The summed E-state index contributed by atoms with van der Waals surface area (Å²) in [7, 11) is 0. The Labute approximate surface area is 129 Å². The van der Waals surface area contributed by atoms with Crippen LogP contribution in [0.15, 0.2) is 0 Å². The summed E-state index contributed by atoms with van der Waals surface area (Å²) in [4.78, 5) is 21.0. The van der Waals surface area contributed by atoms with Crippen molar-refractivity contribution in [3.05, 3.63) is 5.82 Å². The molecule has 116 valence electrons. The Morgan fingerprint density at radius 3 is 2.90 bits per heavy atom. The predicted molar refractivity (Wildman–Crippen MR) is 83.7 cm³/mol. The Balaban J connectivity index is 1.49. The summed E-state index contributed by atoms with van der Waals surface area (Å²) in [5.41, 5.74) is 0. The van der Waals surface area contributed by atoms with Gasteiger partial charge in [-0.25, -0.2) is 4.98 Å². The second-order valence-electron chi connectivity index (χ2n) is 5.81. The second-order valence-corrected chi connectivity index (χ2v) is 6.54. The van der Waals surface area contributed by atoms with Gasteiger partial charge in [0.15, 0.2) is 0 Å². The van der Waals surface area contributed by atoms with Crippen molar-refractivity contribution in [2.45, 2.75) is 38.6 Å². The van der Waals surface area contributed by atoms with Crippen molar-refractivity contribution in [1.29, 1.82) is 0 Å². The molecule has 0 bridgehead atoms. The molecule has 2 heterocycles. The molecule has 1 aliphatic carbocycles. The molecule has 2 aliphatic rings. The molecule has 0 spiro atoms. The topological polar surface area (TPSA) is 61.4 Å². The summed E-state index contributed by atoms with van der Waals surface area (Å²) in [6, 6.07) is 0.454. The number of carbonyl (C=O) groups excluding carboxylic acids is 1. The smallest absolute Gasteiger partial charge is 0.234 e. The number of hydrogen-bond donors (Lipinski definition) is 1. The molecule has 1 N–H and O–H groups in total. The van der Waals surface area contributed by atoms with Crippen LogP contribution in [0.4, 0.5) is 5.13 Å². The van der Waals surface area contributed by atoms with Crippen molar-refractivity contribution in [2.24, 2.45) is 0 Å². The predicted octanol–water partition coefficient (Wildman–Crippen LogP) is 0.891. The normalized spacial score (nSPS) is 20.3. The van der Waals surface area contributed by atoms with E-state index in [4.69, 9.17) is 0 Å². The van der Waals surface area contributed by atoms with Crippen molar-refractivity contribution in [3.8, 4) is 0 Å². The summed E-state index contributed by atoms with van der Waals surface area (Å²) in [5, 5.41) is 4.09. The van der Waals surface area contributed by atoms with Gasteiger partial charge in [0.2, 0.25) is 11.0 Å². The monoisotopic (exact) mass is 309 g/mol. The van der Waals surface area contributed by atoms with Gasteiger partial charge in [-0.05, 0) is 19.3 Å². The Bertz CT molecular complexity index is 487. The number of nitrogens with one attached hydrogen (secondary N) is 1. The minimum atomic E-state index is 0.176. The van der Waals surface area contributed by atoms with Gasteiger partial charge < -0.3 is 10.2 Å². The standard InChI is InChI=1S/C14H23N5OS/c1-2-12-16-14(21-17-12)19-7-3-6-18(8-9-19)10-13(20)15-11-4-5-11/h11H,2-10H2,1H3,(H,15,20). The first kappa shape index (κ1) is 14.7. The first-order valence-electron chi connectivity index (χ1n) is 7.84. The third-order valence-electron chi connectivity index (χ3n) is 3.94. The van der Waals surface area contributed by atoms with Crippen molar-refractivity contribution < 1.29 is 4.79 Å². The number of anilines is 1. The third kappa shape index (κ3) is 4.14. The highest BCUT2D eigenvalue weighted by molar-refractivity contribution is 7.09. The van der Waals surface area contributed by atoms with E-state index in [2.05, 4.69) is 31.4 Å². The van der Waals surface area contributed by atoms with Crippen molar-refractivity contribution in [2.75, 3.05) is 37.6 Å². The first-order valence-corrected chi connectivity index (χ1v) is 8.61. The average molecular weight is 309 g/mol. The van der Waals surface area contributed by atoms with Crippen molar-refractivity contribution >= 4 is 22.6 Å². The first-order chi connectivity index (χ1) is 10.2. The number of rotatable bonds is 5. The second kappa shape index (κ2) is 6.70. The zero-order chi connectivity index (χ0) is 14.7. The Kier molecular flexibility index (Phi) is 4.70. The lowest BCUT2D eigenvalue weighted by molar-refractivity contribution is -0.122. The zero-order valence-electron chi connectivity index (χ0n) is 12.5.